The van der Waals surface area contributed by atoms with Crippen molar-refractivity contribution < 1.29 is 9.47 Å². The third-order valence-electron chi connectivity index (χ3n) is 2.72. The van der Waals surface area contributed by atoms with Gasteiger partial charge in [0.2, 0.25) is 5.88 Å². The van der Waals surface area contributed by atoms with Gasteiger partial charge in [0.05, 0.1) is 0 Å². The second kappa shape index (κ2) is 8.09. The fourth-order valence-electron chi connectivity index (χ4n) is 1.78. The van der Waals surface area contributed by atoms with E-state index in [-0.39, 0.29) is 0 Å². The van der Waals surface area contributed by atoms with E-state index < -0.39 is 0 Å². The number of ether oxygens (including phenoxy) is 2. The molecule has 112 valence electrons. The molecule has 1 aromatic heterocycles. The summed E-state index contributed by atoms with van der Waals surface area (Å²) in [6.07, 6.45) is 1.05. The smallest absolute Gasteiger partial charge is 0.218 e. The minimum absolute atomic E-state index is 0.443. The zero-order valence-electron chi connectivity index (χ0n) is 12.5. The van der Waals surface area contributed by atoms with Gasteiger partial charge in [-0.2, -0.15) is 4.98 Å². The van der Waals surface area contributed by atoms with Crippen molar-refractivity contribution in [2.24, 2.45) is 0 Å². The Morgan fingerprint density at radius 3 is 2.57 bits per heavy atom. The van der Waals surface area contributed by atoms with Crippen LogP contribution >= 0.6 is 0 Å². The zero-order valence-corrected chi connectivity index (χ0v) is 12.5. The molecule has 0 radical (unpaired) electrons. The highest BCUT2D eigenvalue weighted by Crippen LogP contribution is 2.13. The van der Waals surface area contributed by atoms with E-state index in [0.717, 1.165) is 24.5 Å². The quantitative estimate of drug-likeness (QED) is 0.756. The van der Waals surface area contributed by atoms with Crippen LogP contribution in [0.15, 0.2) is 36.4 Å². The Morgan fingerprint density at radius 1 is 1.05 bits per heavy atom. The first-order valence-electron chi connectivity index (χ1n) is 7.18. The van der Waals surface area contributed by atoms with Crippen LogP contribution in [0.1, 0.15) is 19.2 Å². The van der Waals surface area contributed by atoms with Crippen molar-refractivity contribution in [1.82, 2.24) is 9.97 Å². The van der Waals surface area contributed by atoms with E-state index in [1.165, 1.54) is 0 Å². The Morgan fingerprint density at radius 2 is 1.81 bits per heavy atom. The summed E-state index contributed by atoms with van der Waals surface area (Å²) in [5, 5.41) is 3.23. The molecule has 1 N–H and O–H groups in total. The first-order chi connectivity index (χ1) is 10.3. The average molecular weight is 287 g/mol. The van der Waals surface area contributed by atoms with Crippen LogP contribution in [0.5, 0.6) is 11.6 Å². The van der Waals surface area contributed by atoms with Gasteiger partial charge >= 0.3 is 0 Å². The lowest BCUT2D eigenvalue weighted by molar-refractivity contribution is 0.211. The van der Waals surface area contributed by atoms with Crippen LogP contribution in [-0.4, -0.2) is 29.7 Å². The molecule has 5 nitrogen and oxygen atoms in total. The molecule has 0 saturated carbocycles. The van der Waals surface area contributed by atoms with Crippen LogP contribution in [0, 0.1) is 6.92 Å². The molecule has 0 amide bonds. The molecule has 0 unspecified atom stereocenters. The van der Waals surface area contributed by atoms with E-state index in [4.69, 9.17) is 9.47 Å². The van der Waals surface area contributed by atoms with Gasteiger partial charge < -0.3 is 14.8 Å². The van der Waals surface area contributed by atoms with E-state index in [9.17, 15) is 0 Å². The summed E-state index contributed by atoms with van der Waals surface area (Å²) in [6.45, 7) is 5.76. The fraction of sp³-hybridized carbons (Fsp3) is 0.375. The molecule has 0 aliphatic heterocycles. The predicted molar refractivity (Wildman–Crippen MR) is 83.0 cm³/mol. The number of hydrogen-bond donors (Lipinski definition) is 1. The molecule has 0 aliphatic rings. The van der Waals surface area contributed by atoms with Crippen molar-refractivity contribution in [1.29, 1.82) is 0 Å². The van der Waals surface area contributed by atoms with Crippen LogP contribution in [0.4, 0.5) is 5.82 Å². The molecule has 2 rings (SSSR count). The van der Waals surface area contributed by atoms with Gasteiger partial charge in [0.25, 0.3) is 0 Å². The summed E-state index contributed by atoms with van der Waals surface area (Å²) in [4.78, 5) is 8.57. The predicted octanol–water partition coefficient (Wildman–Crippen LogP) is 3.06. The lowest BCUT2D eigenvalue weighted by Crippen LogP contribution is -2.11. The van der Waals surface area contributed by atoms with Crippen molar-refractivity contribution in [2.75, 3.05) is 25.1 Å². The summed E-state index contributed by atoms with van der Waals surface area (Å²) in [6, 6.07) is 11.5. The molecule has 21 heavy (non-hydrogen) atoms. The Labute approximate surface area is 125 Å². The molecular weight excluding hydrogens is 266 g/mol. The van der Waals surface area contributed by atoms with Crippen molar-refractivity contribution in [2.45, 2.75) is 20.3 Å². The summed E-state index contributed by atoms with van der Waals surface area (Å²) >= 11 is 0. The molecule has 0 fully saturated rings. The second-order valence-corrected chi connectivity index (χ2v) is 4.58. The number of para-hydroxylation sites is 1. The molecule has 1 aromatic carbocycles. The van der Waals surface area contributed by atoms with Crippen LogP contribution in [0.25, 0.3) is 0 Å². The molecular formula is C16H21N3O2. The second-order valence-electron chi connectivity index (χ2n) is 4.58. The number of hydrogen-bond acceptors (Lipinski definition) is 5. The summed E-state index contributed by atoms with van der Waals surface area (Å²) in [5.41, 5.74) is 0. The molecule has 0 spiro atoms. The Bertz CT molecular complexity index is 546. The highest BCUT2D eigenvalue weighted by Gasteiger charge is 2.02. The standard InChI is InChI=1S/C16H21N3O2/c1-3-9-17-15-12-16(19-13(2)18-15)21-11-10-20-14-7-5-4-6-8-14/h4-8,12H,3,9-11H2,1-2H3,(H,17,18,19). The molecule has 0 saturated heterocycles. The molecule has 1 heterocycles. The van der Waals surface area contributed by atoms with E-state index in [1.54, 1.807) is 0 Å². The summed E-state index contributed by atoms with van der Waals surface area (Å²) in [5.74, 6) is 2.89. The SMILES string of the molecule is CCCNc1cc(OCCOc2ccccc2)nc(C)n1. The third-order valence-corrected chi connectivity index (χ3v) is 2.72. The summed E-state index contributed by atoms with van der Waals surface area (Å²) in [7, 11) is 0. The van der Waals surface area contributed by atoms with Crippen LogP contribution in [-0.2, 0) is 0 Å². The minimum Gasteiger partial charge on any atom is -0.490 e. The van der Waals surface area contributed by atoms with Gasteiger partial charge in [-0.3, -0.25) is 0 Å². The maximum absolute atomic E-state index is 5.61. The third kappa shape index (κ3) is 5.30. The van der Waals surface area contributed by atoms with Gasteiger partial charge in [-0.1, -0.05) is 25.1 Å². The number of benzene rings is 1. The topological polar surface area (TPSA) is 56.3 Å². The fourth-order valence-corrected chi connectivity index (χ4v) is 1.78. The van der Waals surface area contributed by atoms with Crippen LogP contribution in [0.2, 0.25) is 0 Å². The van der Waals surface area contributed by atoms with Gasteiger partial charge in [0, 0.05) is 12.6 Å². The Balaban J connectivity index is 1.81. The highest BCUT2D eigenvalue weighted by molar-refractivity contribution is 5.38. The number of anilines is 1. The van der Waals surface area contributed by atoms with E-state index in [1.807, 2.05) is 43.3 Å². The lowest BCUT2D eigenvalue weighted by Gasteiger charge is -2.10. The van der Waals surface area contributed by atoms with E-state index >= 15 is 0 Å². The van der Waals surface area contributed by atoms with E-state index in [2.05, 4.69) is 22.2 Å². The molecule has 0 aliphatic carbocycles. The highest BCUT2D eigenvalue weighted by atomic mass is 16.5. The molecule has 2 aromatic rings. The zero-order chi connectivity index (χ0) is 14.9. The van der Waals surface area contributed by atoms with Crippen molar-refractivity contribution >= 4 is 5.82 Å². The van der Waals surface area contributed by atoms with Gasteiger partial charge in [0.1, 0.15) is 30.6 Å². The van der Waals surface area contributed by atoms with Gasteiger partial charge in [-0.15, -0.1) is 0 Å². The van der Waals surface area contributed by atoms with Gasteiger partial charge in [-0.25, -0.2) is 4.98 Å². The van der Waals surface area contributed by atoms with Gasteiger partial charge in [0.15, 0.2) is 0 Å². The largest absolute Gasteiger partial charge is 0.490 e. The van der Waals surface area contributed by atoms with Crippen LogP contribution < -0.4 is 14.8 Å². The number of rotatable bonds is 8. The molecule has 0 atom stereocenters. The maximum atomic E-state index is 5.61. The normalized spacial score (nSPS) is 10.2. The number of aryl methyl sites for hydroxylation is 1. The Kier molecular flexibility index (Phi) is 5.82. The van der Waals surface area contributed by atoms with Crippen molar-refractivity contribution in [3.63, 3.8) is 0 Å². The lowest BCUT2D eigenvalue weighted by atomic mass is 10.3. The first kappa shape index (κ1) is 15.1. The van der Waals surface area contributed by atoms with Gasteiger partial charge in [-0.05, 0) is 25.5 Å². The van der Waals surface area contributed by atoms with Crippen molar-refractivity contribution in [3.8, 4) is 11.6 Å². The van der Waals surface area contributed by atoms with Crippen molar-refractivity contribution in [3.05, 3.63) is 42.2 Å². The maximum Gasteiger partial charge on any atom is 0.218 e. The molecule has 5 heteroatoms. The monoisotopic (exact) mass is 287 g/mol. The van der Waals surface area contributed by atoms with Crippen LogP contribution in [0.3, 0.4) is 0 Å². The number of nitrogens with one attached hydrogen (secondary N) is 1. The average Bonchev–Trinajstić information content (AvgIpc) is 2.50. The minimum atomic E-state index is 0.443. The first-order valence-corrected chi connectivity index (χ1v) is 7.18. The Hall–Kier alpha value is -2.30. The number of aromatic nitrogens is 2. The van der Waals surface area contributed by atoms with E-state index in [0.29, 0.717) is 24.9 Å². The molecule has 0 bridgehead atoms. The summed E-state index contributed by atoms with van der Waals surface area (Å²) < 4.78 is 11.2. The number of nitrogens with zero attached hydrogens (tertiary/aromatic N) is 2.